The third-order valence-electron chi connectivity index (χ3n) is 7.87. The van der Waals surface area contributed by atoms with Crippen molar-refractivity contribution in [3.05, 3.63) is 63.9 Å². The highest BCUT2D eigenvalue weighted by atomic mass is 19.1. The van der Waals surface area contributed by atoms with Crippen LogP contribution in [0.15, 0.2) is 46.4 Å². The summed E-state index contributed by atoms with van der Waals surface area (Å²) in [7, 11) is 0. The Morgan fingerprint density at radius 3 is 2.50 bits per heavy atom. The molecule has 38 heavy (non-hydrogen) atoms. The lowest BCUT2D eigenvalue weighted by Crippen LogP contribution is -2.46. The minimum absolute atomic E-state index is 0.00863. The topological polar surface area (TPSA) is 98.0 Å². The fraction of sp³-hybridized carbons (Fsp3) is 0.536. The van der Waals surface area contributed by atoms with Crippen molar-refractivity contribution in [3.63, 3.8) is 0 Å². The SMILES string of the molecule is CC(C)Cn1c(=O)n(C2CCN(C(=O)C3CCN(Cc4ccnc(N=[N-])c4)CC3)CC2)c2ccc(F)cc21. The zero-order chi connectivity index (χ0) is 26.8. The van der Waals surface area contributed by atoms with Crippen LogP contribution in [0, 0.1) is 17.7 Å². The van der Waals surface area contributed by atoms with E-state index in [1.54, 1.807) is 22.9 Å². The maximum absolute atomic E-state index is 14.0. The van der Waals surface area contributed by atoms with Gasteiger partial charge >= 0.3 is 5.69 Å². The molecule has 2 aliphatic heterocycles. The first-order valence-electron chi connectivity index (χ1n) is 13.6. The van der Waals surface area contributed by atoms with Crippen LogP contribution in [0.4, 0.5) is 10.2 Å². The van der Waals surface area contributed by atoms with Crippen molar-refractivity contribution in [1.29, 1.82) is 0 Å². The number of piperidine rings is 2. The van der Waals surface area contributed by atoms with E-state index in [9.17, 15) is 14.0 Å². The van der Waals surface area contributed by atoms with E-state index in [-0.39, 0.29) is 35.3 Å². The minimum atomic E-state index is -0.343. The summed E-state index contributed by atoms with van der Waals surface area (Å²) in [4.78, 5) is 35.0. The molecule has 3 aromatic rings. The maximum atomic E-state index is 14.0. The highest BCUT2D eigenvalue weighted by Gasteiger charge is 2.32. The standard InChI is InChI=1S/C28H35FN7O2/c1-19(2)17-35-25-16-22(29)3-4-24(25)36(28(35)38)23-8-13-34(14-9-23)27(37)21-6-11-33(12-7-21)18-20-5-10-31-26(15-20)32-30/h3-5,10,15-16,19,21,23H,6-9,11-14,17-18H2,1-2H3/q-1. The lowest BCUT2D eigenvalue weighted by molar-refractivity contribution is -0.138. The molecule has 0 atom stereocenters. The Kier molecular flexibility index (Phi) is 7.69. The number of carbonyl (C=O) groups excluding carboxylic acids is 1. The summed E-state index contributed by atoms with van der Waals surface area (Å²) in [6, 6.07) is 8.25. The van der Waals surface area contributed by atoms with Crippen LogP contribution in [-0.2, 0) is 17.9 Å². The Labute approximate surface area is 221 Å². The van der Waals surface area contributed by atoms with Crippen molar-refractivity contribution >= 4 is 22.8 Å². The molecule has 1 aromatic carbocycles. The summed E-state index contributed by atoms with van der Waals surface area (Å²) in [5.41, 5.74) is 11.3. The quantitative estimate of drug-likeness (QED) is 0.421. The first-order chi connectivity index (χ1) is 18.3. The van der Waals surface area contributed by atoms with Crippen molar-refractivity contribution < 1.29 is 9.18 Å². The lowest BCUT2D eigenvalue weighted by Gasteiger charge is -2.37. The highest BCUT2D eigenvalue weighted by Crippen LogP contribution is 2.29. The van der Waals surface area contributed by atoms with Crippen molar-refractivity contribution in [2.45, 2.75) is 58.7 Å². The normalized spacial score (nSPS) is 17.9. The van der Waals surface area contributed by atoms with Crippen LogP contribution in [0.1, 0.15) is 51.1 Å². The predicted octanol–water partition coefficient (Wildman–Crippen LogP) is 4.72. The summed E-state index contributed by atoms with van der Waals surface area (Å²) in [5.74, 6) is 0.450. The molecule has 1 amide bonds. The van der Waals surface area contributed by atoms with E-state index < -0.39 is 0 Å². The van der Waals surface area contributed by atoms with Gasteiger partial charge in [-0.15, -0.1) is 0 Å². The monoisotopic (exact) mass is 520 g/mol. The number of carbonyl (C=O) groups is 1. The zero-order valence-electron chi connectivity index (χ0n) is 22.1. The van der Waals surface area contributed by atoms with Crippen LogP contribution in [0.3, 0.4) is 0 Å². The minimum Gasteiger partial charge on any atom is -0.705 e. The third kappa shape index (κ3) is 5.41. The average Bonchev–Trinajstić information content (AvgIpc) is 3.18. The maximum Gasteiger partial charge on any atom is 0.329 e. The number of imidazole rings is 1. The Morgan fingerprint density at radius 1 is 1.08 bits per heavy atom. The van der Waals surface area contributed by atoms with Crippen molar-refractivity contribution in [1.82, 2.24) is 23.9 Å². The molecule has 202 valence electrons. The largest absolute Gasteiger partial charge is 0.705 e. The van der Waals surface area contributed by atoms with Gasteiger partial charge < -0.3 is 15.5 Å². The number of halogens is 1. The second kappa shape index (κ2) is 11.1. The molecule has 9 nitrogen and oxygen atoms in total. The number of benzene rings is 1. The Morgan fingerprint density at radius 2 is 1.82 bits per heavy atom. The molecule has 0 radical (unpaired) electrons. The van der Waals surface area contributed by atoms with Gasteiger partial charge in [0.2, 0.25) is 5.91 Å². The molecule has 0 spiro atoms. The van der Waals surface area contributed by atoms with Gasteiger partial charge in [0.25, 0.3) is 0 Å². The van der Waals surface area contributed by atoms with Crippen LogP contribution in [0.5, 0.6) is 0 Å². The predicted molar refractivity (Wildman–Crippen MR) is 144 cm³/mol. The number of fused-ring (bicyclic) bond motifs is 1. The van der Waals surface area contributed by atoms with E-state index in [1.165, 1.54) is 12.1 Å². The van der Waals surface area contributed by atoms with Gasteiger partial charge in [-0.3, -0.25) is 18.8 Å². The van der Waals surface area contributed by atoms with Gasteiger partial charge in [-0.25, -0.2) is 14.2 Å². The van der Waals surface area contributed by atoms with Crippen LogP contribution in [-0.4, -0.2) is 56.0 Å². The number of hydrogen-bond acceptors (Lipinski definition) is 5. The molecule has 2 fully saturated rings. The van der Waals surface area contributed by atoms with E-state index in [2.05, 4.69) is 15.0 Å². The van der Waals surface area contributed by atoms with E-state index in [0.29, 0.717) is 43.8 Å². The van der Waals surface area contributed by atoms with Crippen molar-refractivity contribution in [3.8, 4) is 0 Å². The summed E-state index contributed by atoms with van der Waals surface area (Å²) in [6.07, 6.45) is 4.69. The van der Waals surface area contributed by atoms with Crippen molar-refractivity contribution in [2.75, 3.05) is 26.2 Å². The summed E-state index contributed by atoms with van der Waals surface area (Å²) < 4.78 is 17.6. The van der Waals surface area contributed by atoms with Gasteiger partial charge in [0.1, 0.15) is 11.6 Å². The van der Waals surface area contributed by atoms with Crippen LogP contribution >= 0.6 is 0 Å². The number of nitrogens with zero attached hydrogens (tertiary/aromatic N) is 7. The van der Waals surface area contributed by atoms with E-state index in [0.717, 1.165) is 43.6 Å². The number of likely N-dealkylation sites (tertiary alicyclic amines) is 2. The van der Waals surface area contributed by atoms with E-state index in [1.807, 2.05) is 29.4 Å². The summed E-state index contributed by atoms with van der Waals surface area (Å²) in [5, 5.41) is 3.16. The molecule has 0 N–H and O–H groups in total. The summed E-state index contributed by atoms with van der Waals surface area (Å²) >= 11 is 0. The third-order valence-corrected chi connectivity index (χ3v) is 7.87. The molecule has 10 heteroatoms. The molecule has 0 unspecified atom stereocenters. The molecular weight excluding hydrogens is 485 g/mol. The molecule has 2 aliphatic rings. The fourth-order valence-corrected chi connectivity index (χ4v) is 5.96. The van der Waals surface area contributed by atoms with E-state index in [4.69, 9.17) is 5.53 Å². The molecule has 2 saturated heterocycles. The van der Waals surface area contributed by atoms with Gasteiger partial charge in [-0.2, -0.15) is 0 Å². The van der Waals surface area contributed by atoms with Gasteiger partial charge in [-0.05, 0) is 80.6 Å². The van der Waals surface area contributed by atoms with Crippen LogP contribution in [0.25, 0.3) is 16.6 Å². The molecule has 5 rings (SSSR count). The first kappa shape index (κ1) is 26.2. The van der Waals surface area contributed by atoms with Crippen LogP contribution < -0.4 is 5.69 Å². The first-order valence-corrected chi connectivity index (χ1v) is 13.6. The Bertz CT molecular complexity index is 1370. The number of rotatable bonds is 7. The highest BCUT2D eigenvalue weighted by molar-refractivity contribution is 5.79. The average molecular weight is 521 g/mol. The fourth-order valence-electron chi connectivity index (χ4n) is 5.96. The molecule has 4 heterocycles. The zero-order valence-corrected chi connectivity index (χ0v) is 22.1. The number of hydrogen-bond donors (Lipinski definition) is 0. The van der Waals surface area contributed by atoms with E-state index >= 15 is 0 Å². The number of aromatic nitrogens is 3. The molecule has 0 aliphatic carbocycles. The molecule has 0 saturated carbocycles. The number of amides is 1. The second-order valence-corrected chi connectivity index (χ2v) is 11.0. The molecular formula is C28H35FN7O2-. The number of pyridine rings is 1. The van der Waals surface area contributed by atoms with Gasteiger partial charge in [-0.1, -0.05) is 13.8 Å². The smallest absolute Gasteiger partial charge is 0.329 e. The van der Waals surface area contributed by atoms with Crippen LogP contribution in [0.2, 0.25) is 0 Å². The van der Waals surface area contributed by atoms with Gasteiger partial charge in [0.15, 0.2) is 0 Å². The second-order valence-electron chi connectivity index (χ2n) is 11.0. The van der Waals surface area contributed by atoms with Gasteiger partial charge in [0, 0.05) is 44.3 Å². The Hall–Kier alpha value is -3.40. The van der Waals surface area contributed by atoms with Crippen molar-refractivity contribution in [2.24, 2.45) is 17.0 Å². The molecule has 2 aromatic heterocycles. The van der Waals surface area contributed by atoms with Gasteiger partial charge in [0.05, 0.1) is 11.0 Å². The molecule has 0 bridgehead atoms. The Balaban J connectivity index is 1.20. The summed E-state index contributed by atoms with van der Waals surface area (Å²) in [6.45, 7) is 8.29. The lowest BCUT2D eigenvalue weighted by atomic mass is 9.93.